The summed E-state index contributed by atoms with van der Waals surface area (Å²) in [4.78, 5) is 65.6. The zero-order valence-corrected chi connectivity index (χ0v) is 21.9. The van der Waals surface area contributed by atoms with Crippen LogP contribution in [0.3, 0.4) is 0 Å². The van der Waals surface area contributed by atoms with E-state index in [-0.39, 0.29) is 30.0 Å². The van der Waals surface area contributed by atoms with Gasteiger partial charge in [0.1, 0.15) is 16.9 Å². The van der Waals surface area contributed by atoms with E-state index in [0.717, 1.165) is 67.5 Å². The molecule has 2 heterocycles. The first-order valence-electron chi connectivity index (χ1n) is 11.8. The first-order valence-corrected chi connectivity index (χ1v) is 12.6. The van der Waals surface area contributed by atoms with Gasteiger partial charge in [-0.15, -0.1) is 0 Å². The SMILES string of the molecule is C.CCOC(=O)C1CCCC1=O.Clc1nc(Cl)c2c(n1)CCC2.NC(N)=O.O=c1[nH]c2c(c(=O)[nH]1)CCC2. The lowest BCUT2D eigenvalue weighted by atomic mass is 10.1. The molecule has 3 aliphatic carbocycles. The normalized spacial score (nSPS) is 16.2. The van der Waals surface area contributed by atoms with Crippen molar-refractivity contribution < 1.29 is 19.1 Å². The molecule has 0 radical (unpaired) electrons. The zero-order chi connectivity index (χ0) is 27.5. The van der Waals surface area contributed by atoms with Crippen LogP contribution in [0.5, 0.6) is 0 Å². The van der Waals surface area contributed by atoms with E-state index in [0.29, 0.717) is 24.6 Å². The van der Waals surface area contributed by atoms with Crippen molar-refractivity contribution in [2.45, 2.75) is 72.1 Å². The van der Waals surface area contributed by atoms with Crippen LogP contribution in [-0.4, -0.2) is 44.3 Å². The fraction of sp³-hybridized carbons (Fsp3) is 0.542. The van der Waals surface area contributed by atoms with Crippen LogP contribution in [0.25, 0.3) is 0 Å². The molecule has 0 saturated heterocycles. The maximum atomic E-state index is 11.1. The summed E-state index contributed by atoms with van der Waals surface area (Å²) in [6, 6.07) is -0.833. The number of Topliss-reactive ketones (excluding diaryl/α,β-unsaturated/α-hetero) is 1. The maximum absolute atomic E-state index is 11.1. The van der Waals surface area contributed by atoms with Crippen molar-refractivity contribution in [2.24, 2.45) is 17.4 Å². The molecule has 6 N–H and O–H groups in total. The second-order valence-corrected chi connectivity index (χ2v) is 9.04. The Balaban J connectivity index is 0.000000263. The van der Waals surface area contributed by atoms with Crippen LogP contribution >= 0.6 is 23.2 Å². The molecule has 1 saturated carbocycles. The Labute approximate surface area is 229 Å². The number of aromatic nitrogens is 4. The van der Waals surface area contributed by atoms with Crippen molar-refractivity contribution in [1.29, 1.82) is 0 Å². The van der Waals surface area contributed by atoms with E-state index in [1.54, 1.807) is 6.92 Å². The van der Waals surface area contributed by atoms with Gasteiger partial charge in [0.2, 0.25) is 5.28 Å². The summed E-state index contributed by atoms with van der Waals surface area (Å²) >= 11 is 11.5. The second-order valence-electron chi connectivity index (χ2n) is 8.35. The molecule has 3 aliphatic rings. The lowest BCUT2D eigenvalue weighted by Crippen LogP contribution is -2.25. The number of primary amides is 2. The number of aromatic amines is 2. The van der Waals surface area contributed by atoms with Gasteiger partial charge in [0.25, 0.3) is 5.56 Å². The molecule has 38 heavy (non-hydrogen) atoms. The summed E-state index contributed by atoms with van der Waals surface area (Å²) in [5, 5.41) is 0.785. The van der Waals surface area contributed by atoms with Crippen LogP contribution in [0.1, 0.15) is 69.0 Å². The molecule has 2 aromatic rings. The number of rotatable bonds is 2. The Morgan fingerprint density at radius 3 is 2.18 bits per heavy atom. The van der Waals surface area contributed by atoms with Gasteiger partial charge < -0.3 is 21.2 Å². The number of H-pyrrole nitrogens is 2. The number of carbonyl (C=O) groups excluding carboxylic acids is 3. The highest BCUT2D eigenvalue weighted by Gasteiger charge is 2.31. The minimum Gasteiger partial charge on any atom is -0.465 e. The Kier molecular flexibility index (Phi) is 13.7. The molecule has 12 nitrogen and oxygen atoms in total. The van der Waals surface area contributed by atoms with Crippen LogP contribution in [0.2, 0.25) is 10.4 Å². The number of urea groups is 1. The number of nitrogens with two attached hydrogens (primary N) is 2. The van der Waals surface area contributed by atoms with Crippen LogP contribution < -0.4 is 22.7 Å². The predicted octanol–water partition coefficient (Wildman–Crippen LogP) is 2.40. The van der Waals surface area contributed by atoms with Crippen LogP contribution in [-0.2, 0) is 40.0 Å². The number of hydrogen-bond acceptors (Lipinski definition) is 8. The molecule has 1 unspecified atom stereocenters. The molecule has 0 aromatic carbocycles. The topological polar surface area (TPSA) is 204 Å². The van der Waals surface area contributed by atoms with Gasteiger partial charge in [-0.05, 0) is 69.9 Å². The monoisotopic (exact) mass is 572 g/mol. The predicted molar refractivity (Wildman–Crippen MR) is 143 cm³/mol. The van der Waals surface area contributed by atoms with Gasteiger partial charge in [0, 0.05) is 23.2 Å². The molecule has 2 aromatic heterocycles. The van der Waals surface area contributed by atoms with E-state index in [1.165, 1.54) is 0 Å². The standard InChI is InChI=1S/C8H12O3.C7H6Cl2N2.C7H8N2O2.CH4N2O.CH4/c1-2-11-8(10)6-4-3-5-7(6)9;8-6-4-2-1-3-5(4)10-7(9)11-6;10-6-4-2-1-3-5(4)8-7(11)9-6;2-1(3)4;/h6H,2-5H2,1H3;1-3H2;1-3H2,(H2,8,9,10,11);(H4,2,3,4);1H4. The van der Waals surface area contributed by atoms with Gasteiger partial charge in [0.15, 0.2) is 0 Å². The van der Waals surface area contributed by atoms with Crippen molar-refractivity contribution in [2.75, 3.05) is 6.61 Å². The maximum Gasteiger partial charge on any atom is 0.325 e. The Morgan fingerprint density at radius 2 is 1.58 bits per heavy atom. The van der Waals surface area contributed by atoms with Crippen LogP contribution in [0.4, 0.5) is 4.79 Å². The highest BCUT2D eigenvalue weighted by atomic mass is 35.5. The number of carbonyl (C=O) groups is 3. The molecule has 210 valence electrons. The summed E-state index contributed by atoms with van der Waals surface area (Å²) in [6.07, 6.45) is 7.74. The summed E-state index contributed by atoms with van der Waals surface area (Å²) in [5.74, 6) is -0.742. The molecular formula is C24H34Cl2N6O6. The van der Waals surface area contributed by atoms with Crippen molar-refractivity contribution in [3.05, 3.63) is 53.8 Å². The summed E-state index contributed by atoms with van der Waals surface area (Å²) in [6.45, 7) is 2.11. The Bertz CT molecular complexity index is 1240. The molecule has 0 bridgehead atoms. The molecule has 1 fully saturated rings. The lowest BCUT2D eigenvalue weighted by Gasteiger charge is -2.05. The van der Waals surface area contributed by atoms with Gasteiger partial charge in [-0.3, -0.25) is 19.4 Å². The first kappa shape index (κ1) is 32.8. The molecule has 14 heteroatoms. The first-order chi connectivity index (χ1) is 17.5. The lowest BCUT2D eigenvalue weighted by molar-refractivity contribution is -0.150. The fourth-order valence-electron chi connectivity index (χ4n) is 4.15. The molecule has 5 rings (SSSR count). The Hall–Kier alpha value is -3.25. The van der Waals surface area contributed by atoms with Crippen molar-refractivity contribution in [3.8, 4) is 0 Å². The molecule has 1 atom stereocenters. The van der Waals surface area contributed by atoms with Gasteiger partial charge in [-0.25, -0.2) is 19.6 Å². The molecule has 0 aliphatic heterocycles. The van der Waals surface area contributed by atoms with Gasteiger partial charge >= 0.3 is 17.7 Å². The third-order valence-electron chi connectivity index (χ3n) is 5.71. The summed E-state index contributed by atoms with van der Waals surface area (Å²) < 4.78 is 4.74. The number of ketones is 1. The smallest absolute Gasteiger partial charge is 0.325 e. The number of nitrogens with one attached hydrogen (secondary N) is 2. The van der Waals surface area contributed by atoms with Crippen molar-refractivity contribution in [3.63, 3.8) is 0 Å². The van der Waals surface area contributed by atoms with Gasteiger partial charge in [-0.2, -0.15) is 0 Å². The second kappa shape index (κ2) is 15.9. The molecular weight excluding hydrogens is 539 g/mol. The summed E-state index contributed by atoms with van der Waals surface area (Å²) in [5.41, 5.74) is 11.6. The number of fused-ring (bicyclic) bond motifs is 2. The zero-order valence-electron chi connectivity index (χ0n) is 20.4. The molecule has 2 amide bonds. The average Bonchev–Trinajstić information content (AvgIpc) is 3.55. The minimum absolute atomic E-state index is 0. The number of amides is 2. The number of esters is 1. The van der Waals surface area contributed by atoms with E-state index >= 15 is 0 Å². The third-order valence-corrected chi connectivity index (χ3v) is 6.20. The number of hydrogen-bond donors (Lipinski definition) is 4. The highest BCUT2D eigenvalue weighted by molar-refractivity contribution is 6.32. The fourth-order valence-corrected chi connectivity index (χ4v) is 4.66. The van der Waals surface area contributed by atoms with Crippen molar-refractivity contribution in [1.82, 2.24) is 19.9 Å². The van der Waals surface area contributed by atoms with Gasteiger partial charge in [0.05, 0.1) is 12.3 Å². The van der Waals surface area contributed by atoms with E-state index in [9.17, 15) is 19.2 Å². The highest BCUT2D eigenvalue weighted by Crippen LogP contribution is 2.26. The van der Waals surface area contributed by atoms with Crippen LogP contribution in [0, 0.1) is 5.92 Å². The average molecular weight is 573 g/mol. The van der Waals surface area contributed by atoms with Crippen LogP contribution in [0.15, 0.2) is 9.59 Å². The quantitative estimate of drug-likeness (QED) is 0.181. The summed E-state index contributed by atoms with van der Waals surface area (Å²) in [7, 11) is 0. The van der Waals surface area contributed by atoms with Gasteiger partial charge in [-0.1, -0.05) is 19.0 Å². The number of ether oxygens (including phenoxy) is 1. The number of halogens is 2. The van der Waals surface area contributed by atoms with E-state index in [4.69, 9.17) is 32.7 Å². The van der Waals surface area contributed by atoms with E-state index in [1.807, 2.05) is 0 Å². The number of nitrogens with zero attached hydrogens (tertiary/aromatic N) is 2. The largest absolute Gasteiger partial charge is 0.465 e. The minimum atomic E-state index is -0.833. The van der Waals surface area contributed by atoms with E-state index in [2.05, 4.69) is 31.4 Å². The third kappa shape index (κ3) is 9.90. The van der Waals surface area contributed by atoms with E-state index < -0.39 is 17.6 Å². The van der Waals surface area contributed by atoms with Crippen molar-refractivity contribution >= 4 is 41.0 Å². The Morgan fingerprint density at radius 1 is 0.947 bits per heavy atom. The molecule has 0 spiro atoms. The number of aryl methyl sites for hydroxylation is 2.